The molecule has 0 aliphatic heterocycles. The third kappa shape index (κ3) is 10.7. The molecule has 0 aliphatic carbocycles. The van der Waals surface area contributed by atoms with E-state index >= 15 is 0 Å². The quantitative estimate of drug-likeness (QED) is 0.557. The Labute approximate surface area is 61.5 Å². The summed E-state index contributed by atoms with van der Waals surface area (Å²) in [4.78, 5) is 0. The fourth-order valence-electron chi connectivity index (χ4n) is 0.246. The van der Waals surface area contributed by atoms with Crippen LogP contribution in [0.15, 0.2) is 0 Å². The average Bonchev–Trinajstić information content (AvgIpc) is 1.14. The molecule has 0 rings (SSSR count). The van der Waals surface area contributed by atoms with Gasteiger partial charge in [-0.05, 0) is 0 Å². The number of nitrogens with zero attached hydrogens (tertiary/aromatic N) is 1. The molecule has 62 valence electrons. The van der Waals surface area contributed by atoms with Crippen LogP contribution in [0.4, 0.5) is 0 Å². The van der Waals surface area contributed by atoms with Crippen LogP contribution in [-0.4, -0.2) is 29.3 Å². The van der Waals surface area contributed by atoms with Crippen LogP contribution in [0.1, 0.15) is 0 Å². The van der Waals surface area contributed by atoms with Gasteiger partial charge in [0.2, 0.25) is 0 Å². The zero-order valence-corrected chi connectivity index (χ0v) is 7.53. The Hall–Kier alpha value is -0.270. The lowest BCUT2D eigenvalue weighted by Crippen LogP contribution is -2.01. The highest BCUT2D eigenvalue weighted by Gasteiger charge is 1.92. The predicted octanol–water partition coefficient (Wildman–Crippen LogP) is -0.270. The van der Waals surface area contributed by atoms with Crippen molar-refractivity contribution >= 4 is 20.0 Å². The Morgan fingerprint density at radius 3 is 1.10 bits per heavy atom. The molecule has 0 saturated carbocycles. The molecule has 0 amide bonds. The van der Waals surface area contributed by atoms with E-state index in [1.807, 2.05) is 0 Å². The summed E-state index contributed by atoms with van der Waals surface area (Å²) in [5.41, 5.74) is 0. The number of rotatable bonds is 2. The first-order chi connectivity index (χ1) is 3.71. The lowest BCUT2D eigenvalue weighted by molar-refractivity contribution is 0.601. The van der Waals surface area contributed by atoms with Crippen LogP contribution in [0.2, 0.25) is 0 Å². The van der Waals surface area contributed by atoms with Gasteiger partial charge in [-0.25, -0.2) is 16.8 Å². The number of sulfonamides is 2. The van der Waals surface area contributed by atoms with Crippen LogP contribution in [0, 0.1) is 7.43 Å². The van der Waals surface area contributed by atoms with Crippen LogP contribution in [0.3, 0.4) is 0 Å². The van der Waals surface area contributed by atoms with Crippen LogP contribution < -0.4 is 0 Å². The van der Waals surface area contributed by atoms with Gasteiger partial charge in [-0.3, -0.25) is 0 Å². The van der Waals surface area contributed by atoms with Gasteiger partial charge in [0, 0.05) is 19.9 Å². The molecule has 0 aromatic carbocycles. The van der Waals surface area contributed by atoms with E-state index < -0.39 is 20.0 Å². The van der Waals surface area contributed by atoms with E-state index in [9.17, 15) is 16.8 Å². The molecule has 7 heteroatoms. The highest BCUT2D eigenvalue weighted by atomic mass is 32.3. The molecule has 0 bridgehead atoms. The molecule has 0 atom stereocenters. The summed E-state index contributed by atoms with van der Waals surface area (Å²) in [6.45, 7) is 0. The van der Waals surface area contributed by atoms with Gasteiger partial charge < -0.3 is 4.13 Å². The van der Waals surface area contributed by atoms with Crippen LogP contribution in [-0.2, 0) is 20.0 Å². The summed E-state index contributed by atoms with van der Waals surface area (Å²) in [7, 11) is -7.49. The minimum Gasteiger partial charge on any atom is -0.437 e. The van der Waals surface area contributed by atoms with Crippen molar-refractivity contribution in [1.82, 2.24) is 0 Å². The molecule has 0 aromatic rings. The first-order valence-electron chi connectivity index (χ1n) is 1.85. The monoisotopic (exact) mass is 187 g/mol. The van der Waals surface area contributed by atoms with E-state index in [1.54, 1.807) is 0 Å². The SMILES string of the molecule is CS(=O)(=O)[N-]S(C)(=O)=O.[CH3+]. The van der Waals surface area contributed by atoms with Crippen LogP contribution in [0.5, 0.6) is 0 Å². The molecule has 5 nitrogen and oxygen atoms in total. The van der Waals surface area contributed by atoms with Crippen molar-refractivity contribution in [2.24, 2.45) is 0 Å². The van der Waals surface area contributed by atoms with E-state index in [-0.39, 0.29) is 7.43 Å². The largest absolute Gasteiger partial charge is 0.437 e. The second-order valence-electron chi connectivity index (χ2n) is 1.54. The van der Waals surface area contributed by atoms with Crippen molar-refractivity contribution in [2.75, 3.05) is 12.5 Å². The Kier molecular flexibility index (Phi) is 3.99. The Bertz CT molecular complexity index is 244. The normalized spacial score (nSPS) is 12.2. The topological polar surface area (TPSA) is 82.4 Å². The van der Waals surface area contributed by atoms with Gasteiger partial charge in [0.25, 0.3) is 0 Å². The van der Waals surface area contributed by atoms with E-state index in [4.69, 9.17) is 0 Å². The highest BCUT2D eigenvalue weighted by Crippen LogP contribution is 2.03. The molecular formula is C3H9NO4S2. The first-order valence-corrected chi connectivity index (χ1v) is 5.54. The van der Waals surface area contributed by atoms with Gasteiger partial charge in [0.1, 0.15) is 0 Å². The fraction of sp³-hybridized carbons (Fsp3) is 0.667. The van der Waals surface area contributed by atoms with Gasteiger partial charge in [0.05, 0.1) is 20.0 Å². The minimum absolute atomic E-state index is 0. The van der Waals surface area contributed by atoms with Crippen LogP contribution in [0.25, 0.3) is 4.13 Å². The standard InChI is InChI=1S/C2H6NO4S2.CH3/c1-8(4,5)3-9(2,6)7;/h1-2H3;1H3/q-1;+1. The summed E-state index contributed by atoms with van der Waals surface area (Å²) in [5.74, 6) is 0. The molecule has 0 spiro atoms. The van der Waals surface area contributed by atoms with E-state index in [0.717, 1.165) is 0 Å². The van der Waals surface area contributed by atoms with Crippen molar-refractivity contribution in [2.45, 2.75) is 0 Å². The molecule has 0 radical (unpaired) electrons. The zero-order chi connectivity index (χ0) is 7.71. The Morgan fingerprint density at radius 1 is 0.900 bits per heavy atom. The first kappa shape index (κ1) is 12.4. The maximum atomic E-state index is 10.1. The summed E-state index contributed by atoms with van der Waals surface area (Å²) in [5, 5.41) is 0. The van der Waals surface area contributed by atoms with E-state index in [1.165, 1.54) is 0 Å². The minimum atomic E-state index is -3.74. The molecule has 0 fully saturated rings. The third-order valence-electron chi connectivity index (χ3n) is 0.271. The Morgan fingerprint density at radius 2 is 1.10 bits per heavy atom. The van der Waals surface area contributed by atoms with Crippen molar-refractivity contribution in [3.63, 3.8) is 0 Å². The molecule has 0 unspecified atom stereocenters. The summed E-state index contributed by atoms with van der Waals surface area (Å²) < 4.78 is 42.9. The smallest absolute Gasteiger partial charge is 0.0801 e. The molecule has 10 heavy (non-hydrogen) atoms. The van der Waals surface area contributed by atoms with Crippen molar-refractivity contribution in [1.29, 1.82) is 0 Å². The maximum absolute atomic E-state index is 10.1. The number of hydrogen-bond acceptors (Lipinski definition) is 4. The van der Waals surface area contributed by atoms with E-state index in [2.05, 4.69) is 4.13 Å². The predicted molar refractivity (Wildman–Crippen MR) is 39.5 cm³/mol. The summed E-state index contributed by atoms with van der Waals surface area (Å²) in [6.07, 6.45) is 1.43. The average molecular weight is 187 g/mol. The molecular weight excluding hydrogens is 178 g/mol. The summed E-state index contributed by atoms with van der Waals surface area (Å²) >= 11 is 0. The third-order valence-corrected chi connectivity index (χ3v) is 2.44. The van der Waals surface area contributed by atoms with Crippen molar-refractivity contribution in [3.05, 3.63) is 11.6 Å². The lowest BCUT2D eigenvalue weighted by Gasteiger charge is -2.11. The maximum Gasteiger partial charge on any atom is 0.0801 e. The second-order valence-corrected chi connectivity index (χ2v) is 5.07. The van der Waals surface area contributed by atoms with Gasteiger partial charge >= 0.3 is 0 Å². The van der Waals surface area contributed by atoms with Gasteiger partial charge in [-0.1, -0.05) is 0 Å². The van der Waals surface area contributed by atoms with Crippen molar-refractivity contribution < 1.29 is 16.8 Å². The zero-order valence-electron chi connectivity index (χ0n) is 5.90. The molecule has 0 saturated heterocycles. The second kappa shape index (κ2) is 3.22. The van der Waals surface area contributed by atoms with Crippen molar-refractivity contribution in [3.8, 4) is 0 Å². The lowest BCUT2D eigenvalue weighted by atomic mass is 12.0. The molecule has 0 heterocycles. The number of hydrogen-bond donors (Lipinski definition) is 0. The molecule has 0 aliphatic rings. The Balaban J connectivity index is 0. The van der Waals surface area contributed by atoms with E-state index in [0.29, 0.717) is 12.5 Å². The summed E-state index contributed by atoms with van der Waals surface area (Å²) in [6, 6.07) is 0. The van der Waals surface area contributed by atoms with Crippen LogP contribution >= 0.6 is 0 Å². The van der Waals surface area contributed by atoms with Gasteiger partial charge in [-0.15, -0.1) is 0 Å². The molecule has 0 aromatic heterocycles. The highest BCUT2D eigenvalue weighted by molar-refractivity contribution is 8.11. The molecule has 0 N–H and O–H groups in total. The van der Waals surface area contributed by atoms with Gasteiger partial charge in [0.15, 0.2) is 0 Å². The van der Waals surface area contributed by atoms with Gasteiger partial charge in [-0.2, -0.15) is 0 Å². The fourth-order valence-corrected chi connectivity index (χ4v) is 2.21.